The van der Waals surface area contributed by atoms with Crippen LogP contribution in [0, 0.1) is 0 Å². The summed E-state index contributed by atoms with van der Waals surface area (Å²) in [4.78, 5) is 5.97. The fourth-order valence-corrected chi connectivity index (χ4v) is 2.65. The third-order valence-corrected chi connectivity index (χ3v) is 4.01. The van der Waals surface area contributed by atoms with E-state index in [9.17, 15) is 13.2 Å². The molecule has 0 aliphatic carbocycles. The average molecular weight is 390 g/mol. The number of hydrogen-bond acceptors (Lipinski definition) is 4. The Balaban J connectivity index is 2.26. The van der Waals surface area contributed by atoms with E-state index in [1.165, 1.54) is 6.07 Å². The Morgan fingerprint density at radius 1 is 1.39 bits per heavy atom. The summed E-state index contributed by atoms with van der Waals surface area (Å²) in [5.41, 5.74) is 8.39. The van der Waals surface area contributed by atoms with E-state index >= 15 is 0 Å². The Hall–Kier alpha value is -1.96. The monoisotopic (exact) mass is 389 g/mol. The highest BCUT2D eigenvalue weighted by molar-refractivity contribution is 9.10. The summed E-state index contributed by atoms with van der Waals surface area (Å²) < 4.78 is 41.0. The van der Waals surface area contributed by atoms with E-state index < -0.39 is 6.36 Å². The molecule has 2 rings (SSSR count). The summed E-state index contributed by atoms with van der Waals surface area (Å²) in [5, 5.41) is 0. The lowest BCUT2D eigenvalue weighted by Gasteiger charge is -2.27. The van der Waals surface area contributed by atoms with Crippen molar-refractivity contribution in [2.75, 3.05) is 7.05 Å². The molecule has 1 aromatic carbocycles. The number of ether oxygens (including phenoxy) is 1. The van der Waals surface area contributed by atoms with E-state index in [1.807, 2.05) is 6.92 Å². The second-order valence-corrected chi connectivity index (χ2v) is 5.88. The quantitative estimate of drug-likeness (QED) is 0.851. The van der Waals surface area contributed by atoms with Crippen molar-refractivity contribution in [1.82, 2.24) is 4.90 Å². The number of benzene rings is 1. The van der Waals surface area contributed by atoms with Crippen molar-refractivity contribution in [2.45, 2.75) is 19.7 Å². The Labute approximate surface area is 140 Å². The number of halogens is 4. The molecule has 1 aliphatic heterocycles. The van der Waals surface area contributed by atoms with Crippen molar-refractivity contribution in [3.8, 4) is 5.75 Å². The number of aliphatic imine (C=N–C) groups is 1. The first-order chi connectivity index (χ1) is 10.6. The molecule has 0 unspecified atom stereocenters. The molecule has 4 nitrogen and oxygen atoms in total. The maximum absolute atomic E-state index is 12.3. The van der Waals surface area contributed by atoms with Gasteiger partial charge in [-0.2, -0.15) is 0 Å². The van der Waals surface area contributed by atoms with E-state index in [4.69, 9.17) is 5.73 Å². The summed E-state index contributed by atoms with van der Waals surface area (Å²) >= 11 is 3.09. The van der Waals surface area contributed by atoms with Gasteiger partial charge in [0.1, 0.15) is 17.4 Å². The molecule has 8 heteroatoms. The van der Waals surface area contributed by atoms with Crippen molar-refractivity contribution in [2.24, 2.45) is 10.7 Å². The number of hydrogen-bond donors (Lipinski definition) is 1. The first-order valence-electron chi connectivity index (χ1n) is 6.59. The van der Waals surface area contributed by atoms with E-state index in [-0.39, 0.29) is 10.2 Å². The number of allylic oxidation sites excluding steroid dienone is 1. The van der Waals surface area contributed by atoms with E-state index in [1.54, 1.807) is 24.1 Å². The van der Waals surface area contributed by atoms with E-state index in [0.717, 1.165) is 16.8 Å². The molecule has 0 spiro atoms. The van der Waals surface area contributed by atoms with Crippen molar-refractivity contribution < 1.29 is 17.9 Å². The van der Waals surface area contributed by atoms with Gasteiger partial charge >= 0.3 is 6.36 Å². The molecule has 0 amide bonds. The van der Waals surface area contributed by atoms with Crippen LogP contribution in [0.5, 0.6) is 5.75 Å². The molecular formula is C15H15BrF3N3O. The molecule has 0 bridgehead atoms. The molecule has 0 radical (unpaired) electrons. The number of nitrogens with two attached hydrogens (primary N) is 1. The molecular weight excluding hydrogens is 375 g/mol. The van der Waals surface area contributed by atoms with Crippen molar-refractivity contribution in [3.63, 3.8) is 0 Å². The van der Waals surface area contributed by atoms with Gasteiger partial charge in [-0.25, -0.2) is 4.99 Å². The zero-order chi connectivity index (χ0) is 17.4. The average Bonchev–Trinajstić information content (AvgIpc) is 2.43. The van der Waals surface area contributed by atoms with Crippen LogP contribution in [0.15, 0.2) is 51.5 Å². The summed E-state index contributed by atoms with van der Waals surface area (Å²) in [5.74, 6) is 0.774. The summed E-state index contributed by atoms with van der Waals surface area (Å²) in [7, 11) is 1.75. The normalized spacial score (nSPS) is 15.8. The van der Waals surface area contributed by atoms with Crippen LogP contribution in [0.1, 0.15) is 12.5 Å². The second-order valence-electron chi connectivity index (χ2n) is 5.03. The van der Waals surface area contributed by atoms with Crippen LogP contribution in [0.2, 0.25) is 0 Å². The van der Waals surface area contributed by atoms with Gasteiger partial charge in [0.25, 0.3) is 0 Å². The molecule has 0 saturated heterocycles. The fourth-order valence-electron chi connectivity index (χ4n) is 2.15. The van der Waals surface area contributed by atoms with Crippen molar-refractivity contribution in [1.29, 1.82) is 0 Å². The molecule has 1 aliphatic rings. The van der Waals surface area contributed by atoms with Crippen LogP contribution in [0.4, 0.5) is 13.2 Å². The van der Waals surface area contributed by atoms with E-state index in [2.05, 4.69) is 32.2 Å². The third kappa shape index (κ3) is 4.07. The SMILES string of the molecule is C=C1N=C(C)C(Cc2ccc(OC(F)(F)F)c(Br)c2)=C(N)N1C. The molecule has 0 aromatic heterocycles. The predicted octanol–water partition coefficient (Wildman–Crippen LogP) is 3.94. The maximum atomic E-state index is 12.3. The zero-order valence-electron chi connectivity index (χ0n) is 12.5. The lowest BCUT2D eigenvalue weighted by molar-refractivity contribution is -0.274. The first-order valence-corrected chi connectivity index (χ1v) is 7.39. The van der Waals surface area contributed by atoms with Gasteiger partial charge in [-0.1, -0.05) is 12.6 Å². The maximum Gasteiger partial charge on any atom is 0.573 e. The van der Waals surface area contributed by atoms with Crippen LogP contribution >= 0.6 is 15.9 Å². The van der Waals surface area contributed by atoms with E-state index in [0.29, 0.717) is 18.1 Å². The second kappa shape index (κ2) is 6.27. The molecule has 1 aromatic rings. The minimum absolute atomic E-state index is 0.217. The van der Waals surface area contributed by atoms with Gasteiger partial charge in [0.15, 0.2) is 0 Å². The predicted molar refractivity (Wildman–Crippen MR) is 85.8 cm³/mol. The lowest BCUT2D eigenvalue weighted by Crippen LogP contribution is -2.30. The highest BCUT2D eigenvalue weighted by Crippen LogP contribution is 2.32. The van der Waals surface area contributed by atoms with Crippen LogP contribution in [0.25, 0.3) is 0 Å². The topological polar surface area (TPSA) is 50.9 Å². The van der Waals surface area contributed by atoms with Gasteiger partial charge in [-0.05, 0) is 40.5 Å². The van der Waals surface area contributed by atoms with Crippen LogP contribution in [-0.2, 0) is 6.42 Å². The summed E-state index contributed by atoms with van der Waals surface area (Å²) in [6.07, 6.45) is -4.30. The molecule has 0 atom stereocenters. The highest BCUT2D eigenvalue weighted by atomic mass is 79.9. The van der Waals surface area contributed by atoms with Crippen molar-refractivity contribution >= 4 is 21.6 Å². The molecule has 124 valence electrons. The molecule has 0 saturated carbocycles. The smallest absolute Gasteiger partial charge is 0.405 e. The van der Waals surface area contributed by atoms with Gasteiger partial charge < -0.3 is 15.4 Å². The van der Waals surface area contributed by atoms with Gasteiger partial charge in [-0.3, -0.25) is 0 Å². The lowest BCUT2D eigenvalue weighted by atomic mass is 10.00. The largest absolute Gasteiger partial charge is 0.573 e. The number of nitrogens with zero attached hydrogens (tertiary/aromatic N) is 2. The minimum atomic E-state index is -4.73. The van der Waals surface area contributed by atoms with Crippen LogP contribution in [-0.4, -0.2) is 24.0 Å². The van der Waals surface area contributed by atoms with Gasteiger partial charge in [0, 0.05) is 24.8 Å². The fraction of sp³-hybridized carbons (Fsp3) is 0.267. The first kappa shape index (κ1) is 17.4. The summed E-state index contributed by atoms with van der Waals surface area (Å²) in [6.45, 7) is 5.61. The molecule has 0 fully saturated rings. The number of rotatable bonds is 3. The Morgan fingerprint density at radius 3 is 2.61 bits per heavy atom. The third-order valence-electron chi connectivity index (χ3n) is 3.39. The molecule has 23 heavy (non-hydrogen) atoms. The minimum Gasteiger partial charge on any atom is -0.405 e. The van der Waals surface area contributed by atoms with Crippen LogP contribution in [0.3, 0.4) is 0 Å². The number of alkyl halides is 3. The standard InChI is InChI=1S/C15H15BrF3N3O/c1-8-11(14(20)22(3)9(2)21-8)6-10-4-5-13(12(16)7-10)23-15(17,18)19/h4-5,7H,2,6,20H2,1,3H3. The van der Waals surface area contributed by atoms with Crippen molar-refractivity contribution in [3.05, 3.63) is 52.0 Å². The zero-order valence-corrected chi connectivity index (χ0v) is 14.1. The summed E-state index contributed by atoms with van der Waals surface area (Å²) in [6, 6.07) is 4.39. The molecule has 2 N–H and O–H groups in total. The van der Waals surface area contributed by atoms with Gasteiger partial charge in [0.2, 0.25) is 0 Å². The van der Waals surface area contributed by atoms with Gasteiger partial charge in [-0.15, -0.1) is 13.2 Å². The Kier molecular flexibility index (Phi) is 4.74. The van der Waals surface area contributed by atoms with Crippen LogP contribution < -0.4 is 10.5 Å². The Morgan fingerprint density at radius 2 is 2.04 bits per heavy atom. The Bertz CT molecular complexity index is 710. The van der Waals surface area contributed by atoms with Gasteiger partial charge in [0.05, 0.1) is 4.47 Å². The molecule has 1 heterocycles. The highest BCUT2D eigenvalue weighted by Gasteiger charge is 2.32.